The quantitative estimate of drug-likeness (QED) is 0.823. The van der Waals surface area contributed by atoms with Gasteiger partial charge in [0.15, 0.2) is 0 Å². The molecule has 1 saturated heterocycles. The first kappa shape index (κ1) is 11.6. The smallest absolute Gasteiger partial charge is 0.232 e. The highest BCUT2D eigenvalue weighted by atomic mass is 16.2. The predicted molar refractivity (Wildman–Crippen MR) is 72.6 cm³/mol. The van der Waals surface area contributed by atoms with E-state index in [1.807, 2.05) is 12.1 Å². The number of carbonyl (C=O) groups is 1. The maximum absolute atomic E-state index is 12.7. The molecule has 1 fully saturated rings. The van der Waals surface area contributed by atoms with Crippen molar-refractivity contribution >= 4 is 11.6 Å². The summed E-state index contributed by atoms with van der Waals surface area (Å²) in [6.07, 6.45) is 1.13. The second-order valence-corrected chi connectivity index (χ2v) is 5.70. The van der Waals surface area contributed by atoms with Crippen LogP contribution in [0.4, 0.5) is 5.69 Å². The molecular formula is C15H20N2O. The number of nitrogens with zero attached hydrogens (tertiary/aromatic N) is 1. The molecule has 2 aliphatic rings. The van der Waals surface area contributed by atoms with E-state index < -0.39 is 0 Å². The van der Waals surface area contributed by atoms with Gasteiger partial charge in [-0.2, -0.15) is 0 Å². The maximum atomic E-state index is 12.7. The number of fused-ring (bicyclic) bond motifs is 1. The zero-order valence-corrected chi connectivity index (χ0v) is 11.0. The Morgan fingerprint density at radius 1 is 1.33 bits per heavy atom. The summed E-state index contributed by atoms with van der Waals surface area (Å²) in [7, 11) is 0. The van der Waals surface area contributed by atoms with Crippen LogP contribution in [0, 0.1) is 5.92 Å². The Morgan fingerprint density at radius 3 is 2.83 bits per heavy atom. The molecule has 2 heterocycles. The fraction of sp³-hybridized carbons (Fsp3) is 0.533. The van der Waals surface area contributed by atoms with E-state index in [4.69, 9.17) is 0 Å². The summed E-state index contributed by atoms with van der Waals surface area (Å²) in [5.41, 5.74) is 2.28. The van der Waals surface area contributed by atoms with Crippen LogP contribution in [0.2, 0.25) is 0 Å². The molecule has 3 rings (SSSR count). The van der Waals surface area contributed by atoms with Gasteiger partial charge in [-0.15, -0.1) is 0 Å². The van der Waals surface area contributed by atoms with E-state index >= 15 is 0 Å². The highest BCUT2D eigenvalue weighted by Crippen LogP contribution is 2.34. The Hall–Kier alpha value is -1.51. The van der Waals surface area contributed by atoms with Gasteiger partial charge in [0.05, 0.1) is 5.92 Å². The molecule has 1 aromatic carbocycles. The summed E-state index contributed by atoms with van der Waals surface area (Å²) in [6, 6.07) is 8.54. The lowest BCUT2D eigenvalue weighted by molar-refractivity contribution is -0.133. The second kappa shape index (κ2) is 4.30. The molecule has 1 N–H and O–H groups in total. The molecule has 18 heavy (non-hydrogen) atoms. The third-order valence-corrected chi connectivity index (χ3v) is 4.20. The van der Waals surface area contributed by atoms with Crippen molar-refractivity contribution in [1.82, 2.24) is 4.90 Å². The van der Waals surface area contributed by atoms with Crippen molar-refractivity contribution in [3.8, 4) is 0 Å². The number of para-hydroxylation sites is 1. The van der Waals surface area contributed by atoms with Gasteiger partial charge in [0.2, 0.25) is 5.91 Å². The molecule has 96 valence electrons. The number of hydrogen-bond donors (Lipinski definition) is 1. The average Bonchev–Trinajstić information content (AvgIpc) is 2.92. The minimum atomic E-state index is 0.00829. The summed E-state index contributed by atoms with van der Waals surface area (Å²) >= 11 is 0. The molecule has 0 spiro atoms. The van der Waals surface area contributed by atoms with Gasteiger partial charge in [-0.3, -0.25) is 4.79 Å². The van der Waals surface area contributed by atoms with E-state index in [0.717, 1.165) is 30.8 Å². The number of carbonyl (C=O) groups excluding carboxylic acids is 1. The number of amides is 1. The largest absolute Gasteiger partial charge is 0.384 e. The number of benzene rings is 1. The summed E-state index contributed by atoms with van der Waals surface area (Å²) in [5.74, 6) is 0.937. The van der Waals surface area contributed by atoms with Crippen LogP contribution >= 0.6 is 0 Å². The summed E-state index contributed by atoms with van der Waals surface area (Å²) < 4.78 is 0. The van der Waals surface area contributed by atoms with Crippen LogP contribution in [0.3, 0.4) is 0 Å². The molecule has 1 amide bonds. The van der Waals surface area contributed by atoms with Crippen molar-refractivity contribution in [3.63, 3.8) is 0 Å². The fourth-order valence-electron chi connectivity index (χ4n) is 3.31. The lowest BCUT2D eigenvalue weighted by atomic mass is 9.99. The topological polar surface area (TPSA) is 32.3 Å². The van der Waals surface area contributed by atoms with Crippen molar-refractivity contribution < 1.29 is 4.79 Å². The SMILES string of the molecule is CC1CC(C)N(C(=O)C2CNc3ccccc32)C1. The Morgan fingerprint density at radius 2 is 2.11 bits per heavy atom. The summed E-state index contributed by atoms with van der Waals surface area (Å²) in [6.45, 7) is 6.05. The molecule has 0 aliphatic carbocycles. The van der Waals surface area contributed by atoms with Crippen LogP contribution in [0.25, 0.3) is 0 Å². The van der Waals surface area contributed by atoms with Crippen molar-refractivity contribution in [2.75, 3.05) is 18.4 Å². The van der Waals surface area contributed by atoms with Gasteiger partial charge in [-0.05, 0) is 30.9 Å². The second-order valence-electron chi connectivity index (χ2n) is 5.70. The van der Waals surface area contributed by atoms with E-state index in [0.29, 0.717) is 17.9 Å². The predicted octanol–water partition coefficient (Wildman–Crippen LogP) is 2.45. The molecule has 2 aliphatic heterocycles. The first-order valence-corrected chi connectivity index (χ1v) is 6.80. The first-order valence-electron chi connectivity index (χ1n) is 6.80. The molecule has 1 aromatic rings. The van der Waals surface area contributed by atoms with Crippen LogP contribution in [0.1, 0.15) is 31.7 Å². The van der Waals surface area contributed by atoms with Crippen LogP contribution in [-0.4, -0.2) is 29.9 Å². The van der Waals surface area contributed by atoms with Crippen LogP contribution in [0.5, 0.6) is 0 Å². The lowest BCUT2D eigenvalue weighted by Crippen LogP contribution is -2.38. The van der Waals surface area contributed by atoms with E-state index in [2.05, 4.69) is 36.2 Å². The highest BCUT2D eigenvalue weighted by Gasteiger charge is 2.37. The van der Waals surface area contributed by atoms with Crippen molar-refractivity contribution in [1.29, 1.82) is 0 Å². The van der Waals surface area contributed by atoms with Crippen LogP contribution in [0.15, 0.2) is 24.3 Å². The number of rotatable bonds is 1. The fourth-order valence-corrected chi connectivity index (χ4v) is 3.31. The van der Waals surface area contributed by atoms with Crippen molar-refractivity contribution in [2.24, 2.45) is 5.92 Å². The van der Waals surface area contributed by atoms with E-state index in [9.17, 15) is 4.79 Å². The molecule has 0 aromatic heterocycles. The zero-order valence-electron chi connectivity index (χ0n) is 11.0. The van der Waals surface area contributed by atoms with Gasteiger partial charge in [0.25, 0.3) is 0 Å². The van der Waals surface area contributed by atoms with Gasteiger partial charge in [0.1, 0.15) is 0 Å². The van der Waals surface area contributed by atoms with Crippen LogP contribution in [-0.2, 0) is 4.79 Å². The minimum absolute atomic E-state index is 0.00829. The average molecular weight is 244 g/mol. The zero-order chi connectivity index (χ0) is 12.7. The molecule has 3 nitrogen and oxygen atoms in total. The summed E-state index contributed by atoms with van der Waals surface area (Å²) in [4.78, 5) is 14.7. The third kappa shape index (κ3) is 1.78. The van der Waals surface area contributed by atoms with E-state index in [-0.39, 0.29) is 5.92 Å². The number of hydrogen-bond acceptors (Lipinski definition) is 2. The van der Waals surface area contributed by atoms with Gasteiger partial charge in [0, 0.05) is 24.8 Å². The Labute approximate surface area is 108 Å². The lowest BCUT2D eigenvalue weighted by Gasteiger charge is -2.25. The maximum Gasteiger partial charge on any atom is 0.232 e. The molecular weight excluding hydrogens is 224 g/mol. The normalized spacial score (nSPS) is 30.1. The molecule has 0 saturated carbocycles. The standard InChI is InChI=1S/C15H20N2O/c1-10-7-11(2)17(9-10)15(18)13-8-16-14-6-4-3-5-12(13)14/h3-6,10-11,13,16H,7-9H2,1-2H3. The van der Waals surface area contributed by atoms with Gasteiger partial charge in [-0.25, -0.2) is 0 Å². The Kier molecular flexibility index (Phi) is 2.77. The van der Waals surface area contributed by atoms with E-state index in [1.165, 1.54) is 0 Å². The van der Waals surface area contributed by atoms with Gasteiger partial charge >= 0.3 is 0 Å². The number of anilines is 1. The van der Waals surface area contributed by atoms with Crippen LogP contribution < -0.4 is 5.32 Å². The monoisotopic (exact) mass is 244 g/mol. The minimum Gasteiger partial charge on any atom is -0.384 e. The molecule has 0 radical (unpaired) electrons. The highest BCUT2D eigenvalue weighted by molar-refractivity contribution is 5.88. The van der Waals surface area contributed by atoms with Gasteiger partial charge in [-0.1, -0.05) is 25.1 Å². The van der Waals surface area contributed by atoms with Gasteiger partial charge < -0.3 is 10.2 Å². The van der Waals surface area contributed by atoms with Crippen molar-refractivity contribution in [3.05, 3.63) is 29.8 Å². The summed E-state index contributed by atoms with van der Waals surface area (Å²) in [5, 5.41) is 3.33. The third-order valence-electron chi connectivity index (χ3n) is 4.20. The number of likely N-dealkylation sites (tertiary alicyclic amines) is 1. The first-order chi connectivity index (χ1) is 8.66. The van der Waals surface area contributed by atoms with Crippen molar-refractivity contribution in [2.45, 2.75) is 32.2 Å². The Bertz CT molecular complexity index is 471. The molecule has 0 bridgehead atoms. The molecule has 3 heteroatoms. The van der Waals surface area contributed by atoms with E-state index in [1.54, 1.807) is 0 Å². The molecule has 3 unspecified atom stereocenters. The number of nitrogens with one attached hydrogen (secondary N) is 1. The Balaban J connectivity index is 1.83. The molecule has 3 atom stereocenters.